The second kappa shape index (κ2) is 8.38. The van der Waals surface area contributed by atoms with Gasteiger partial charge >= 0.3 is 12.1 Å². The zero-order valence-corrected chi connectivity index (χ0v) is 15.9. The van der Waals surface area contributed by atoms with Gasteiger partial charge in [-0.05, 0) is 49.2 Å². The van der Waals surface area contributed by atoms with Gasteiger partial charge in [-0.1, -0.05) is 12.1 Å². The van der Waals surface area contributed by atoms with Crippen molar-refractivity contribution in [2.45, 2.75) is 18.9 Å². The number of nitrogens with one attached hydrogen (secondary N) is 2. The summed E-state index contributed by atoms with van der Waals surface area (Å²) in [6.45, 7) is 2.31. The minimum absolute atomic E-state index is 0.0382. The lowest BCUT2D eigenvalue weighted by Gasteiger charge is -2.34. The van der Waals surface area contributed by atoms with E-state index in [9.17, 15) is 14.0 Å². The van der Waals surface area contributed by atoms with E-state index in [-0.39, 0.29) is 24.0 Å². The fraction of sp³-hybridized carbons (Fsp3) is 0.333. The minimum atomic E-state index is -0.383. The van der Waals surface area contributed by atoms with Crippen LogP contribution in [0.2, 0.25) is 0 Å². The van der Waals surface area contributed by atoms with Gasteiger partial charge < -0.3 is 20.3 Å². The van der Waals surface area contributed by atoms with Crippen molar-refractivity contribution in [1.82, 2.24) is 5.32 Å². The van der Waals surface area contributed by atoms with Crippen molar-refractivity contribution in [2.75, 3.05) is 41.4 Å². The number of anilines is 3. The monoisotopic (exact) mass is 398 g/mol. The number of ether oxygens (including phenoxy) is 1. The molecule has 152 valence electrons. The molecule has 8 heteroatoms. The fourth-order valence-electron chi connectivity index (χ4n) is 3.73. The third-order valence-electron chi connectivity index (χ3n) is 5.11. The molecule has 2 N–H and O–H groups in total. The number of rotatable bonds is 4. The molecule has 2 fully saturated rings. The first-order valence-corrected chi connectivity index (χ1v) is 9.71. The van der Waals surface area contributed by atoms with E-state index in [1.165, 1.54) is 17.0 Å². The van der Waals surface area contributed by atoms with Gasteiger partial charge in [0.25, 0.3) is 0 Å². The molecule has 0 radical (unpaired) electrons. The van der Waals surface area contributed by atoms with Crippen LogP contribution in [0.15, 0.2) is 48.5 Å². The summed E-state index contributed by atoms with van der Waals surface area (Å²) in [7, 11) is 0. The predicted molar refractivity (Wildman–Crippen MR) is 109 cm³/mol. The highest BCUT2D eigenvalue weighted by Gasteiger charge is 2.24. The molecule has 1 unspecified atom stereocenters. The second-order valence-electron chi connectivity index (χ2n) is 7.18. The van der Waals surface area contributed by atoms with Crippen molar-refractivity contribution >= 4 is 29.2 Å². The molecule has 29 heavy (non-hydrogen) atoms. The fourth-order valence-corrected chi connectivity index (χ4v) is 3.73. The van der Waals surface area contributed by atoms with Crippen LogP contribution in [0.25, 0.3) is 0 Å². The van der Waals surface area contributed by atoms with Crippen LogP contribution in [0.3, 0.4) is 0 Å². The second-order valence-corrected chi connectivity index (χ2v) is 7.18. The van der Waals surface area contributed by atoms with Gasteiger partial charge in [-0.15, -0.1) is 0 Å². The Bertz CT molecular complexity index is 907. The highest BCUT2D eigenvalue weighted by Crippen LogP contribution is 2.23. The van der Waals surface area contributed by atoms with E-state index in [0.29, 0.717) is 31.1 Å². The van der Waals surface area contributed by atoms with Crippen LogP contribution in [-0.2, 0) is 4.74 Å². The number of hydrogen-bond donors (Lipinski definition) is 2. The highest BCUT2D eigenvalue weighted by atomic mass is 19.1. The molecule has 1 atom stereocenters. The van der Waals surface area contributed by atoms with Gasteiger partial charge in [-0.25, -0.2) is 14.0 Å². The number of amides is 3. The van der Waals surface area contributed by atoms with Gasteiger partial charge in [0.1, 0.15) is 12.4 Å². The van der Waals surface area contributed by atoms with Crippen molar-refractivity contribution in [3.05, 3.63) is 54.3 Å². The predicted octanol–water partition coefficient (Wildman–Crippen LogP) is 3.57. The molecule has 0 aromatic heterocycles. The number of halogens is 1. The average Bonchev–Trinajstić information content (AvgIpc) is 3.14. The number of carbonyl (C=O) groups excluding carboxylic acids is 2. The average molecular weight is 398 g/mol. The number of carbonyl (C=O) groups is 2. The maximum absolute atomic E-state index is 13.5. The number of benzene rings is 2. The number of piperidine rings is 1. The van der Waals surface area contributed by atoms with Crippen LogP contribution in [0.5, 0.6) is 0 Å². The van der Waals surface area contributed by atoms with Crippen molar-refractivity contribution in [3.63, 3.8) is 0 Å². The van der Waals surface area contributed by atoms with Gasteiger partial charge in [0.2, 0.25) is 0 Å². The summed E-state index contributed by atoms with van der Waals surface area (Å²) in [5.74, 6) is -0.267. The third-order valence-corrected chi connectivity index (χ3v) is 5.11. The number of cyclic esters (lactones) is 1. The number of hydrogen-bond acceptors (Lipinski definition) is 4. The van der Waals surface area contributed by atoms with E-state index in [2.05, 4.69) is 15.5 Å². The molecule has 7 nitrogen and oxygen atoms in total. The molecule has 0 spiro atoms. The summed E-state index contributed by atoms with van der Waals surface area (Å²) >= 11 is 0. The molecule has 2 aliphatic rings. The Kier molecular flexibility index (Phi) is 5.50. The topological polar surface area (TPSA) is 73.9 Å². The maximum Gasteiger partial charge on any atom is 0.414 e. The van der Waals surface area contributed by atoms with Crippen molar-refractivity contribution in [3.8, 4) is 0 Å². The molecule has 0 saturated carbocycles. The Morgan fingerprint density at radius 2 is 1.93 bits per heavy atom. The zero-order chi connectivity index (χ0) is 20.2. The Labute approximate surface area is 168 Å². The Balaban J connectivity index is 1.35. The molecule has 2 aromatic carbocycles. The summed E-state index contributed by atoms with van der Waals surface area (Å²) in [5.41, 5.74) is 2.10. The van der Waals surface area contributed by atoms with Gasteiger partial charge in [0.05, 0.1) is 6.54 Å². The van der Waals surface area contributed by atoms with Crippen molar-refractivity contribution in [1.29, 1.82) is 0 Å². The van der Waals surface area contributed by atoms with E-state index in [1.807, 2.05) is 6.07 Å². The minimum Gasteiger partial charge on any atom is -0.447 e. The molecule has 2 heterocycles. The summed E-state index contributed by atoms with van der Waals surface area (Å²) < 4.78 is 18.5. The Hall–Kier alpha value is -3.29. The van der Waals surface area contributed by atoms with Crippen molar-refractivity contribution < 1.29 is 18.7 Å². The summed E-state index contributed by atoms with van der Waals surface area (Å²) in [6, 6.07) is 13.2. The number of nitrogens with zero attached hydrogens (tertiary/aromatic N) is 2. The Morgan fingerprint density at radius 3 is 2.72 bits per heavy atom. The van der Waals surface area contributed by atoms with Crippen LogP contribution in [0.1, 0.15) is 12.8 Å². The normalized spacial score (nSPS) is 19.1. The molecule has 3 amide bonds. The van der Waals surface area contributed by atoms with Crippen LogP contribution in [-0.4, -0.2) is 44.4 Å². The lowest BCUT2D eigenvalue weighted by atomic mass is 10.0. The lowest BCUT2D eigenvalue weighted by Crippen LogP contribution is -2.49. The quantitative estimate of drug-likeness (QED) is 0.826. The van der Waals surface area contributed by atoms with E-state index in [4.69, 9.17) is 4.74 Å². The van der Waals surface area contributed by atoms with E-state index < -0.39 is 0 Å². The maximum atomic E-state index is 13.5. The molecule has 2 saturated heterocycles. The first-order valence-electron chi connectivity index (χ1n) is 9.71. The van der Waals surface area contributed by atoms with E-state index in [1.54, 1.807) is 30.3 Å². The first kappa shape index (κ1) is 19.0. The highest BCUT2D eigenvalue weighted by molar-refractivity contribution is 5.93. The molecule has 2 aliphatic heterocycles. The summed E-state index contributed by atoms with van der Waals surface area (Å²) in [4.78, 5) is 27.8. The van der Waals surface area contributed by atoms with Gasteiger partial charge in [-0.3, -0.25) is 4.90 Å². The van der Waals surface area contributed by atoms with Crippen molar-refractivity contribution in [2.24, 2.45) is 0 Å². The smallest absolute Gasteiger partial charge is 0.414 e. The van der Waals surface area contributed by atoms with Crippen LogP contribution >= 0.6 is 0 Å². The SMILES string of the molecule is O=C(Nc1cccc(N2CCOC2=O)c1)NC1CCCN(c2cccc(F)c2)C1. The van der Waals surface area contributed by atoms with Gasteiger partial charge in [-0.2, -0.15) is 0 Å². The summed E-state index contributed by atoms with van der Waals surface area (Å²) in [5, 5.41) is 5.81. The Morgan fingerprint density at radius 1 is 1.10 bits per heavy atom. The molecule has 0 bridgehead atoms. The van der Waals surface area contributed by atoms with Crippen LogP contribution in [0.4, 0.5) is 31.0 Å². The van der Waals surface area contributed by atoms with Crippen LogP contribution < -0.4 is 20.4 Å². The molecular formula is C21H23FN4O3. The molecule has 2 aromatic rings. The number of urea groups is 1. The first-order chi connectivity index (χ1) is 14.1. The largest absolute Gasteiger partial charge is 0.447 e. The van der Waals surface area contributed by atoms with E-state index in [0.717, 1.165) is 25.1 Å². The standard InChI is InChI=1S/C21H23FN4O3/c22-15-4-1-7-18(12-15)25-9-3-6-17(14-25)24-20(27)23-16-5-2-8-19(13-16)26-10-11-29-21(26)28/h1-2,4-5,7-8,12-13,17H,3,6,9-11,14H2,(H2,23,24,27). The molecule has 4 rings (SSSR count). The molecule has 0 aliphatic carbocycles. The lowest BCUT2D eigenvalue weighted by molar-refractivity contribution is 0.181. The summed E-state index contributed by atoms with van der Waals surface area (Å²) in [6.07, 6.45) is 1.39. The van der Waals surface area contributed by atoms with Gasteiger partial charge in [0.15, 0.2) is 0 Å². The zero-order valence-electron chi connectivity index (χ0n) is 15.9. The van der Waals surface area contributed by atoms with Crippen LogP contribution in [0, 0.1) is 5.82 Å². The van der Waals surface area contributed by atoms with E-state index >= 15 is 0 Å². The third kappa shape index (κ3) is 4.59. The van der Waals surface area contributed by atoms with Gasteiger partial charge in [0, 0.05) is 36.2 Å². The molecular weight excluding hydrogens is 375 g/mol.